The second-order valence-electron chi connectivity index (χ2n) is 6.83. The Morgan fingerprint density at radius 1 is 1.18 bits per heavy atom. The van der Waals surface area contributed by atoms with E-state index in [1.165, 1.54) is 11.0 Å². The lowest BCUT2D eigenvalue weighted by Gasteiger charge is -2.36. The predicted octanol–water partition coefficient (Wildman–Crippen LogP) is 1.92. The molecule has 0 unspecified atom stereocenters. The van der Waals surface area contributed by atoms with Crippen molar-refractivity contribution in [1.29, 1.82) is 0 Å². The van der Waals surface area contributed by atoms with Gasteiger partial charge >= 0.3 is 0 Å². The first kappa shape index (κ1) is 18.1. The molecule has 1 aromatic carbocycles. The molecule has 144 valence electrons. The summed E-state index contributed by atoms with van der Waals surface area (Å²) < 4.78 is 7.26. The molecule has 1 amide bonds. The lowest BCUT2D eigenvalue weighted by atomic mass is 10.2. The molecule has 9 nitrogen and oxygen atoms in total. The van der Waals surface area contributed by atoms with Gasteiger partial charge in [-0.05, 0) is 54.6 Å². The Morgan fingerprint density at radius 2 is 2.00 bits per heavy atom. The summed E-state index contributed by atoms with van der Waals surface area (Å²) in [6, 6.07) is 10.8. The molecule has 28 heavy (non-hydrogen) atoms. The van der Waals surface area contributed by atoms with Crippen LogP contribution in [0.15, 0.2) is 48.9 Å². The third-order valence-corrected chi connectivity index (χ3v) is 4.47. The van der Waals surface area contributed by atoms with Gasteiger partial charge in [-0.3, -0.25) is 4.79 Å². The number of pyridine rings is 1. The number of nitrogens with zero attached hydrogens (tertiary/aromatic N) is 6. The van der Waals surface area contributed by atoms with E-state index in [0.29, 0.717) is 16.9 Å². The summed E-state index contributed by atoms with van der Waals surface area (Å²) in [6.45, 7) is 5.71. The molecular weight excluding hydrogens is 358 g/mol. The van der Waals surface area contributed by atoms with Crippen LogP contribution in [0, 0.1) is 0 Å². The minimum absolute atomic E-state index is 0.164. The number of rotatable bonds is 4. The molecule has 0 aliphatic carbocycles. The SMILES string of the molecule is C[C@H]1CN(c2ccc(NC(=O)c3cccc(-n4cnnn4)c3)cn2)C[C@H](C)O1. The van der Waals surface area contributed by atoms with E-state index in [-0.39, 0.29) is 18.1 Å². The van der Waals surface area contributed by atoms with Crippen molar-refractivity contribution < 1.29 is 9.53 Å². The number of nitrogens with one attached hydrogen (secondary N) is 1. The van der Waals surface area contributed by atoms with Crippen LogP contribution in [0.5, 0.6) is 0 Å². The van der Waals surface area contributed by atoms with Crippen LogP contribution in [0.1, 0.15) is 24.2 Å². The molecule has 2 aromatic heterocycles. The zero-order chi connectivity index (χ0) is 19.5. The molecule has 1 saturated heterocycles. The first-order valence-corrected chi connectivity index (χ1v) is 9.10. The van der Waals surface area contributed by atoms with Crippen molar-refractivity contribution in [2.75, 3.05) is 23.3 Å². The number of aromatic nitrogens is 5. The number of hydrogen-bond acceptors (Lipinski definition) is 7. The number of ether oxygens (including phenoxy) is 1. The molecule has 1 N–H and O–H groups in total. The van der Waals surface area contributed by atoms with Gasteiger partial charge in [-0.2, -0.15) is 0 Å². The minimum atomic E-state index is -0.224. The number of tetrazole rings is 1. The van der Waals surface area contributed by atoms with Crippen molar-refractivity contribution in [2.45, 2.75) is 26.1 Å². The van der Waals surface area contributed by atoms with E-state index >= 15 is 0 Å². The van der Waals surface area contributed by atoms with Gasteiger partial charge in [0.25, 0.3) is 5.91 Å². The molecule has 1 aliphatic rings. The highest BCUT2D eigenvalue weighted by atomic mass is 16.5. The normalized spacial score (nSPS) is 19.4. The molecule has 0 saturated carbocycles. The van der Waals surface area contributed by atoms with Crippen molar-refractivity contribution in [1.82, 2.24) is 25.2 Å². The zero-order valence-electron chi connectivity index (χ0n) is 15.7. The number of benzene rings is 1. The summed E-state index contributed by atoms with van der Waals surface area (Å²) in [5, 5.41) is 13.9. The third-order valence-electron chi connectivity index (χ3n) is 4.47. The van der Waals surface area contributed by atoms with E-state index < -0.39 is 0 Å². The first-order valence-electron chi connectivity index (χ1n) is 9.10. The molecule has 0 radical (unpaired) electrons. The van der Waals surface area contributed by atoms with Gasteiger partial charge in [0.15, 0.2) is 0 Å². The van der Waals surface area contributed by atoms with Gasteiger partial charge in [-0.25, -0.2) is 9.67 Å². The summed E-state index contributed by atoms with van der Waals surface area (Å²) in [4.78, 5) is 19.3. The van der Waals surface area contributed by atoms with Gasteiger partial charge < -0.3 is 15.0 Å². The molecule has 9 heteroatoms. The van der Waals surface area contributed by atoms with E-state index in [1.807, 2.05) is 18.2 Å². The van der Waals surface area contributed by atoms with Crippen LogP contribution in [0.25, 0.3) is 5.69 Å². The lowest BCUT2D eigenvalue weighted by molar-refractivity contribution is -0.00545. The first-order chi connectivity index (χ1) is 13.6. The summed E-state index contributed by atoms with van der Waals surface area (Å²) >= 11 is 0. The Hall–Kier alpha value is -3.33. The topological polar surface area (TPSA) is 98.1 Å². The molecule has 3 aromatic rings. The lowest BCUT2D eigenvalue weighted by Crippen LogP contribution is -2.45. The standard InChI is InChI=1S/C19H21N7O2/c1-13-10-25(11-14(2)28-13)18-7-6-16(9-20-18)22-19(27)15-4-3-5-17(8-15)26-12-21-23-24-26/h3-9,12-14H,10-11H2,1-2H3,(H,22,27)/t13-,14-/m0/s1. The molecule has 0 bridgehead atoms. The van der Waals surface area contributed by atoms with Gasteiger partial charge in [0, 0.05) is 18.7 Å². The second-order valence-corrected chi connectivity index (χ2v) is 6.83. The molecule has 2 atom stereocenters. The van der Waals surface area contributed by atoms with Crippen LogP contribution in [-0.2, 0) is 4.74 Å². The van der Waals surface area contributed by atoms with Crippen LogP contribution in [0.3, 0.4) is 0 Å². The number of carbonyl (C=O) groups excluding carboxylic acids is 1. The number of morpholine rings is 1. The quantitative estimate of drug-likeness (QED) is 0.739. The van der Waals surface area contributed by atoms with Crippen LogP contribution in [0.2, 0.25) is 0 Å². The van der Waals surface area contributed by atoms with Gasteiger partial charge in [-0.1, -0.05) is 6.07 Å². The smallest absolute Gasteiger partial charge is 0.255 e. The summed E-state index contributed by atoms with van der Waals surface area (Å²) in [5.74, 6) is 0.652. The van der Waals surface area contributed by atoms with Crippen LogP contribution < -0.4 is 10.2 Å². The van der Waals surface area contributed by atoms with Gasteiger partial charge in [0.2, 0.25) is 0 Å². The van der Waals surface area contributed by atoms with E-state index in [1.54, 1.807) is 24.4 Å². The zero-order valence-corrected chi connectivity index (χ0v) is 15.7. The van der Waals surface area contributed by atoms with Crippen LogP contribution >= 0.6 is 0 Å². The fourth-order valence-corrected chi connectivity index (χ4v) is 3.28. The molecule has 4 rings (SSSR count). The summed E-state index contributed by atoms with van der Waals surface area (Å²) in [5.41, 5.74) is 1.85. The number of carbonyl (C=O) groups is 1. The fourth-order valence-electron chi connectivity index (χ4n) is 3.28. The van der Waals surface area contributed by atoms with Crippen molar-refractivity contribution in [3.05, 3.63) is 54.5 Å². The third kappa shape index (κ3) is 3.99. The summed E-state index contributed by atoms with van der Waals surface area (Å²) in [6.07, 6.45) is 3.48. The minimum Gasteiger partial charge on any atom is -0.372 e. The Labute approximate surface area is 162 Å². The van der Waals surface area contributed by atoms with Gasteiger partial charge in [0.1, 0.15) is 12.1 Å². The Balaban J connectivity index is 1.44. The van der Waals surface area contributed by atoms with Crippen molar-refractivity contribution >= 4 is 17.4 Å². The summed E-state index contributed by atoms with van der Waals surface area (Å²) in [7, 11) is 0. The average Bonchev–Trinajstić information content (AvgIpc) is 3.23. The molecule has 0 spiro atoms. The van der Waals surface area contributed by atoms with Crippen molar-refractivity contribution in [3.63, 3.8) is 0 Å². The molecule has 1 aliphatic heterocycles. The van der Waals surface area contributed by atoms with E-state index in [2.05, 4.69) is 44.6 Å². The maximum atomic E-state index is 12.6. The number of anilines is 2. The predicted molar refractivity (Wildman–Crippen MR) is 104 cm³/mol. The molecule has 1 fully saturated rings. The Bertz CT molecular complexity index is 933. The molecular formula is C19H21N7O2. The second kappa shape index (κ2) is 7.73. The highest BCUT2D eigenvalue weighted by molar-refractivity contribution is 6.04. The number of amides is 1. The van der Waals surface area contributed by atoms with Crippen molar-refractivity contribution in [2.24, 2.45) is 0 Å². The van der Waals surface area contributed by atoms with E-state index in [9.17, 15) is 4.79 Å². The van der Waals surface area contributed by atoms with Crippen LogP contribution in [-0.4, -0.2) is 56.4 Å². The Kier molecular flexibility index (Phi) is 4.98. The van der Waals surface area contributed by atoms with Gasteiger partial charge in [-0.15, -0.1) is 5.10 Å². The average molecular weight is 379 g/mol. The molecule has 3 heterocycles. The van der Waals surface area contributed by atoms with Crippen LogP contribution in [0.4, 0.5) is 11.5 Å². The highest BCUT2D eigenvalue weighted by Gasteiger charge is 2.23. The maximum absolute atomic E-state index is 12.6. The van der Waals surface area contributed by atoms with Crippen molar-refractivity contribution in [3.8, 4) is 5.69 Å². The van der Waals surface area contributed by atoms with Gasteiger partial charge in [0.05, 0.1) is 29.8 Å². The maximum Gasteiger partial charge on any atom is 0.255 e. The number of hydrogen-bond donors (Lipinski definition) is 1. The fraction of sp³-hybridized carbons (Fsp3) is 0.316. The monoisotopic (exact) mass is 379 g/mol. The Morgan fingerprint density at radius 3 is 2.68 bits per heavy atom. The largest absolute Gasteiger partial charge is 0.372 e. The highest BCUT2D eigenvalue weighted by Crippen LogP contribution is 2.20. The van der Waals surface area contributed by atoms with E-state index in [0.717, 1.165) is 18.9 Å². The van der Waals surface area contributed by atoms with E-state index in [4.69, 9.17) is 4.74 Å².